The Bertz CT molecular complexity index is 850. The minimum absolute atomic E-state index is 0.0287. The Balaban J connectivity index is 1.92. The number of aliphatic carboxylic acids is 1. The monoisotopic (exact) mass is 382 g/mol. The van der Waals surface area contributed by atoms with Gasteiger partial charge in [-0.2, -0.15) is 4.99 Å². The maximum absolute atomic E-state index is 12.0. The van der Waals surface area contributed by atoms with Crippen molar-refractivity contribution in [3.8, 4) is 0 Å². The first-order chi connectivity index (χ1) is 11.7. The number of anilines is 1. The number of carboxylic acids is 1. The van der Waals surface area contributed by atoms with E-state index in [1.807, 2.05) is 36.1 Å². The summed E-state index contributed by atoms with van der Waals surface area (Å²) in [5.41, 5.74) is 1.81. The number of aryl methyl sites for hydroxylation is 1. The molecule has 7 nitrogen and oxygen atoms in total. The number of carboxylic acid groups (broad SMARTS) is 1. The summed E-state index contributed by atoms with van der Waals surface area (Å²) in [6.45, 7) is 1.93. The van der Waals surface area contributed by atoms with Crippen LogP contribution in [0, 0.1) is 6.92 Å². The van der Waals surface area contributed by atoms with E-state index in [2.05, 4.69) is 4.99 Å². The molecule has 3 rings (SSSR count). The Hall–Kier alpha value is -1.87. The number of carbonyl (C=O) groups excluding carboxylic acids is 1. The Morgan fingerprint density at radius 1 is 1.32 bits per heavy atom. The van der Waals surface area contributed by atoms with Crippen molar-refractivity contribution < 1.29 is 23.1 Å². The fraction of sp³-hybridized carbons (Fsp3) is 0.438. The van der Waals surface area contributed by atoms with Crippen molar-refractivity contribution in [2.75, 3.05) is 16.4 Å². The summed E-state index contributed by atoms with van der Waals surface area (Å²) in [6, 6.07) is 7.33. The minimum atomic E-state index is -3.11. The second-order valence-corrected chi connectivity index (χ2v) is 9.55. The summed E-state index contributed by atoms with van der Waals surface area (Å²) in [5, 5.41) is 8.97. The predicted molar refractivity (Wildman–Crippen MR) is 96.8 cm³/mol. The third kappa shape index (κ3) is 4.04. The normalized spacial score (nSPS) is 26.0. The molecule has 0 saturated carbocycles. The SMILES string of the molecule is Cc1cccc(N2C(=NC(=O)CCC(=O)O)S[C@H]3CS(=O)(=O)C[C@H]32)c1. The zero-order valence-corrected chi connectivity index (χ0v) is 15.2. The van der Waals surface area contributed by atoms with Crippen LogP contribution in [-0.4, -0.2) is 53.4 Å². The number of amides is 1. The highest BCUT2D eigenvalue weighted by molar-refractivity contribution is 8.16. The maximum atomic E-state index is 12.0. The fourth-order valence-electron chi connectivity index (χ4n) is 3.02. The van der Waals surface area contributed by atoms with Gasteiger partial charge in [-0.25, -0.2) is 8.42 Å². The van der Waals surface area contributed by atoms with Crippen molar-refractivity contribution >= 4 is 44.3 Å². The molecular formula is C16H18N2O5S2. The van der Waals surface area contributed by atoms with E-state index in [1.54, 1.807) is 0 Å². The van der Waals surface area contributed by atoms with Gasteiger partial charge in [0.15, 0.2) is 15.0 Å². The Morgan fingerprint density at radius 2 is 2.08 bits per heavy atom. The van der Waals surface area contributed by atoms with Gasteiger partial charge in [0.2, 0.25) is 5.91 Å². The van der Waals surface area contributed by atoms with Crippen molar-refractivity contribution in [1.82, 2.24) is 0 Å². The van der Waals surface area contributed by atoms with Crippen LogP contribution in [0.4, 0.5) is 5.69 Å². The molecule has 1 aromatic rings. The number of hydrogen-bond donors (Lipinski definition) is 1. The van der Waals surface area contributed by atoms with Crippen LogP contribution >= 0.6 is 11.8 Å². The Morgan fingerprint density at radius 3 is 2.76 bits per heavy atom. The van der Waals surface area contributed by atoms with Crippen molar-refractivity contribution in [2.24, 2.45) is 4.99 Å². The average Bonchev–Trinajstić information content (AvgIpc) is 2.96. The van der Waals surface area contributed by atoms with Crippen LogP contribution in [0.1, 0.15) is 18.4 Å². The summed E-state index contributed by atoms with van der Waals surface area (Å²) >= 11 is 1.28. The summed E-state index contributed by atoms with van der Waals surface area (Å²) in [4.78, 5) is 28.5. The van der Waals surface area contributed by atoms with Gasteiger partial charge in [0.25, 0.3) is 0 Å². The molecular weight excluding hydrogens is 364 g/mol. The molecule has 1 amide bonds. The zero-order chi connectivity index (χ0) is 18.2. The van der Waals surface area contributed by atoms with E-state index in [0.717, 1.165) is 11.3 Å². The van der Waals surface area contributed by atoms with Gasteiger partial charge in [0.1, 0.15) is 0 Å². The molecule has 2 saturated heterocycles. The number of amidine groups is 1. The maximum Gasteiger partial charge on any atom is 0.303 e. The molecule has 1 aromatic carbocycles. The first kappa shape index (κ1) is 17.9. The van der Waals surface area contributed by atoms with Crippen LogP contribution in [0.25, 0.3) is 0 Å². The second kappa shape index (κ2) is 6.80. The Labute approximate surface area is 150 Å². The lowest BCUT2D eigenvalue weighted by molar-refractivity contribution is -0.138. The Kier molecular flexibility index (Phi) is 4.88. The van der Waals surface area contributed by atoms with Crippen LogP contribution in [0.15, 0.2) is 29.3 Å². The van der Waals surface area contributed by atoms with Crippen molar-refractivity contribution in [2.45, 2.75) is 31.1 Å². The molecule has 0 unspecified atom stereocenters. The highest BCUT2D eigenvalue weighted by Gasteiger charge is 2.49. The highest BCUT2D eigenvalue weighted by atomic mass is 32.2. The molecule has 0 radical (unpaired) electrons. The topological polar surface area (TPSA) is 104 Å². The lowest BCUT2D eigenvalue weighted by atomic mass is 10.1. The quantitative estimate of drug-likeness (QED) is 0.840. The first-order valence-electron chi connectivity index (χ1n) is 7.81. The number of nitrogens with zero attached hydrogens (tertiary/aromatic N) is 2. The lowest BCUT2D eigenvalue weighted by Gasteiger charge is -2.24. The average molecular weight is 382 g/mol. The van der Waals surface area contributed by atoms with Crippen LogP contribution in [-0.2, 0) is 19.4 Å². The summed E-state index contributed by atoms with van der Waals surface area (Å²) in [5.74, 6) is -1.47. The van der Waals surface area contributed by atoms with Gasteiger partial charge in [-0.05, 0) is 24.6 Å². The molecule has 1 N–H and O–H groups in total. The van der Waals surface area contributed by atoms with Gasteiger partial charge in [-0.15, -0.1) is 0 Å². The molecule has 2 aliphatic rings. The van der Waals surface area contributed by atoms with Crippen molar-refractivity contribution in [3.05, 3.63) is 29.8 Å². The van der Waals surface area contributed by atoms with Crippen LogP contribution in [0.2, 0.25) is 0 Å². The van der Waals surface area contributed by atoms with Crippen LogP contribution < -0.4 is 4.90 Å². The summed E-state index contributed by atoms with van der Waals surface area (Å²) in [6.07, 6.45) is -0.444. The van der Waals surface area contributed by atoms with Crippen molar-refractivity contribution in [1.29, 1.82) is 0 Å². The van der Waals surface area contributed by atoms with Gasteiger partial charge >= 0.3 is 5.97 Å². The molecule has 2 fully saturated rings. The molecule has 0 bridgehead atoms. The third-order valence-corrected chi connectivity index (χ3v) is 7.33. The molecule has 0 spiro atoms. The number of sulfone groups is 1. The molecule has 2 heterocycles. The van der Waals surface area contributed by atoms with E-state index in [4.69, 9.17) is 5.11 Å². The molecule has 2 aliphatic heterocycles. The number of carbonyl (C=O) groups is 2. The zero-order valence-electron chi connectivity index (χ0n) is 13.6. The van der Waals surface area contributed by atoms with Gasteiger partial charge in [0, 0.05) is 17.4 Å². The minimum Gasteiger partial charge on any atom is -0.481 e. The van der Waals surface area contributed by atoms with E-state index >= 15 is 0 Å². The molecule has 0 aliphatic carbocycles. The van der Waals surface area contributed by atoms with Crippen LogP contribution in [0.5, 0.6) is 0 Å². The largest absolute Gasteiger partial charge is 0.481 e. The molecule has 134 valence electrons. The van der Waals surface area contributed by atoms with Gasteiger partial charge in [-0.1, -0.05) is 23.9 Å². The number of aliphatic imine (C=N–C) groups is 1. The molecule has 0 aromatic heterocycles. The number of fused-ring (bicyclic) bond motifs is 1. The third-order valence-electron chi connectivity index (χ3n) is 4.12. The van der Waals surface area contributed by atoms with E-state index in [1.165, 1.54) is 11.8 Å². The van der Waals surface area contributed by atoms with E-state index in [0.29, 0.717) is 5.17 Å². The molecule has 2 atom stereocenters. The van der Waals surface area contributed by atoms with Gasteiger partial charge < -0.3 is 10.0 Å². The van der Waals surface area contributed by atoms with Crippen LogP contribution in [0.3, 0.4) is 0 Å². The van der Waals surface area contributed by atoms with Gasteiger partial charge in [-0.3, -0.25) is 9.59 Å². The van der Waals surface area contributed by atoms with E-state index in [-0.39, 0.29) is 35.6 Å². The smallest absolute Gasteiger partial charge is 0.303 e. The summed E-state index contributed by atoms with van der Waals surface area (Å²) < 4.78 is 24.0. The van der Waals surface area contributed by atoms with Crippen molar-refractivity contribution in [3.63, 3.8) is 0 Å². The molecule has 9 heteroatoms. The van der Waals surface area contributed by atoms with E-state index < -0.39 is 21.7 Å². The van der Waals surface area contributed by atoms with Gasteiger partial charge in [0.05, 0.1) is 24.0 Å². The number of benzene rings is 1. The summed E-state index contributed by atoms with van der Waals surface area (Å²) in [7, 11) is -3.11. The second-order valence-electron chi connectivity index (χ2n) is 6.19. The predicted octanol–water partition coefficient (Wildman–Crippen LogP) is 1.46. The molecule has 25 heavy (non-hydrogen) atoms. The number of rotatable bonds is 4. The standard InChI is InChI=1S/C16H18N2O5S2/c1-10-3-2-4-11(7-10)18-12-8-25(22,23)9-13(12)24-16(18)17-14(19)5-6-15(20)21/h2-4,7,12-13H,5-6,8-9H2,1H3,(H,20,21)/t12-,13+/m1/s1. The first-order valence-corrected chi connectivity index (χ1v) is 10.5. The lowest BCUT2D eigenvalue weighted by Crippen LogP contribution is -2.37. The number of hydrogen-bond acceptors (Lipinski definition) is 5. The number of thioether (sulfide) groups is 1. The fourth-order valence-corrected chi connectivity index (χ4v) is 6.95. The van der Waals surface area contributed by atoms with E-state index in [9.17, 15) is 18.0 Å². The highest BCUT2D eigenvalue weighted by Crippen LogP contribution is 2.41.